The Kier molecular flexibility index (Phi) is 3.57. The molecule has 0 aliphatic carbocycles. The smallest absolute Gasteiger partial charge is 0.231 e. The highest BCUT2D eigenvalue weighted by Gasteiger charge is 2.16. The Hall–Kier alpha value is -1.08. The first-order chi connectivity index (χ1) is 7.34. The van der Waals surface area contributed by atoms with Crippen LogP contribution in [0, 0.1) is 5.92 Å². The van der Waals surface area contributed by atoms with E-state index in [1.54, 1.807) is 0 Å². The summed E-state index contributed by atoms with van der Waals surface area (Å²) >= 11 is 1.09. The van der Waals surface area contributed by atoms with Gasteiger partial charge in [0.1, 0.15) is 0 Å². The molecule has 2 heterocycles. The molecule has 0 radical (unpaired) electrons. The molecule has 1 aliphatic rings. The summed E-state index contributed by atoms with van der Waals surface area (Å²) in [5, 5.41) is 13.5. The second kappa shape index (κ2) is 5.13. The van der Waals surface area contributed by atoms with Gasteiger partial charge >= 0.3 is 0 Å². The van der Waals surface area contributed by atoms with E-state index in [1.807, 2.05) is 0 Å². The maximum Gasteiger partial charge on any atom is 0.231 e. The van der Waals surface area contributed by atoms with Crippen LogP contribution in [0.15, 0.2) is 0 Å². The quantitative estimate of drug-likeness (QED) is 0.771. The molecule has 1 fully saturated rings. The monoisotopic (exact) mass is 227 g/mol. The van der Waals surface area contributed by atoms with Gasteiger partial charge in [-0.25, -0.2) is 0 Å². The van der Waals surface area contributed by atoms with Gasteiger partial charge in [0.15, 0.2) is 0 Å². The molecule has 0 aromatic carbocycles. The number of carbonyl (C=O) groups excluding carboxylic acids is 1. The van der Waals surface area contributed by atoms with Crippen LogP contribution in [0.4, 0.5) is 5.13 Å². The molecule has 1 atom stereocenters. The van der Waals surface area contributed by atoms with E-state index in [4.69, 9.17) is 0 Å². The van der Waals surface area contributed by atoms with Gasteiger partial charge in [0.2, 0.25) is 11.0 Å². The SMILES string of the molecule is O=C(CCC1CCNC1)Nc1nnns1. The van der Waals surface area contributed by atoms with E-state index in [-0.39, 0.29) is 5.91 Å². The molecular formula is C8H13N5OS. The van der Waals surface area contributed by atoms with E-state index in [2.05, 4.69) is 25.4 Å². The number of carbonyl (C=O) groups is 1. The lowest BCUT2D eigenvalue weighted by Gasteiger charge is -2.06. The van der Waals surface area contributed by atoms with Crippen LogP contribution in [0.1, 0.15) is 19.3 Å². The Bertz CT molecular complexity index is 309. The molecule has 1 aromatic rings. The minimum Gasteiger partial charge on any atom is -0.316 e. The van der Waals surface area contributed by atoms with Crippen molar-refractivity contribution in [2.24, 2.45) is 5.92 Å². The van der Waals surface area contributed by atoms with Gasteiger partial charge in [0, 0.05) is 18.0 Å². The molecule has 2 N–H and O–H groups in total. The van der Waals surface area contributed by atoms with Crippen molar-refractivity contribution < 1.29 is 4.79 Å². The van der Waals surface area contributed by atoms with Gasteiger partial charge in [-0.15, -0.1) is 0 Å². The van der Waals surface area contributed by atoms with Crippen molar-refractivity contribution in [3.63, 3.8) is 0 Å². The maximum absolute atomic E-state index is 11.4. The van der Waals surface area contributed by atoms with Crippen molar-refractivity contribution in [1.29, 1.82) is 0 Å². The summed E-state index contributed by atoms with van der Waals surface area (Å²) < 4.78 is 3.57. The average molecular weight is 227 g/mol. The van der Waals surface area contributed by atoms with Crippen molar-refractivity contribution in [2.45, 2.75) is 19.3 Å². The second-order valence-corrected chi connectivity index (χ2v) is 4.35. The summed E-state index contributed by atoms with van der Waals surface area (Å²) in [6, 6.07) is 0. The number of hydrogen-bond acceptors (Lipinski definition) is 6. The first-order valence-corrected chi connectivity index (χ1v) is 5.77. The average Bonchev–Trinajstić information content (AvgIpc) is 2.86. The van der Waals surface area contributed by atoms with Crippen molar-refractivity contribution >= 4 is 22.6 Å². The van der Waals surface area contributed by atoms with Gasteiger partial charge in [0.25, 0.3) is 0 Å². The largest absolute Gasteiger partial charge is 0.316 e. The van der Waals surface area contributed by atoms with Crippen LogP contribution >= 0.6 is 11.5 Å². The summed E-state index contributed by atoms with van der Waals surface area (Å²) in [4.78, 5) is 11.4. The molecule has 0 saturated carbocycles. The molecule has 1 unspecified atom stereocenters. The number of anilines is 1. The molecule has 1 amide bonds. The number of aromatic nitrogens is 3. The van der Waals surface area contributed by atoms with E-state index >= 15 is 0 Å². The van der Waals surface area contributed by atoms with Crippen LogP contribution in [-0.2, 0) is 4.79 Å². The maximum atomic E-state index is 11.4. The van der Waals surface area contributed by atoms with Crippen LogP contribution in [0.2, 0.25) is 0 Å². The standard InChI is InChI=1S/C8H13N5OS/c14-7(10-8-11-12-13-15-8)2-1-6-3-4-9-5-6/h6,9H,1-5H2,(H,10,11,13,14). The second-order valence-electron chi connectivity index (χ2n) is 3.61. The van der Waals surface area contributed by atoms with Crippen molar-refractivity contribution in [3.05, 3.63) is 0 Å². The number of amides is 1. The summed E-state index contributed by atoms with van der Waals surface area (Å²) in [6.07, 6.45) is 2.66. The highest BCUT2D eigenvalue weighted by molar-refractivity contribution is 7.09. The minimum absolute atomic E-state index is 0.000417. The summed E-state index contributed by atoms with van der Waals surface area (Å²) in [5.41, 5.74) is 0. The van der Waals surface area contributed by atoms with E-state index in [9.17, 15) is 4.79 Å². The van der Waals surface area contributed by atoms with Crippen LogP contribution in [-0.4, -0.2) is 33.8 Å². The van der Waals surface area contributed by atoms with Crippen LogP contribution in [0.5, 0.6) is 0 Å². The first kappa shape index (κ1) is 10.4. The van der Waals surface area contributed by atoms with E-state index in [0.29, 0.717) is 17.5 Å². The molecule has 82 valence electrons. The molecule has 2 rings (SSSR count). The molecule has 6 nitrogen and oxygen atoms in total. The van der Waals surface area contributed by atoms with Crippen molar-refractivity contribution in [2.75, 3.05) is 18.4 Å². The van der Waals surface area contributed by atoms with Crippen LogP contribution in [0.3, 0.4) is 0 Å². The molecule has 15 heavy (non-hydrogen) atoms. The zero-order valence-corrected chi connectivity index (χ0v) is 9.09. The first-order valence-electron chi connectivity index (χ1n) is 5.00. The molecule has 1 aromatic heterocycles. The summed E-state index contributed by atoms with van der Waals surface area (Å²) in [5.74, 6) is 0.642. The number of hydrogen-bond donors (Lipinski definition) is 2. The third-order valence-corrected chi connectivity index (χ3v) is 3.00. The van der Waals surface area contributed by atoms with Crippen molar-refractivity contribution in [3.8, 4) is 0 Å². The Morgan fingerprint density at radius 2 is 2.60 bits per heavy atom. The number of nitrogens with zero attached hydrogens (tertiary/aromatic N) is 3. The molecule has 0 bridgehead atoms. The van der Waals surface area contributed by atoms with Gasteiger partial charge in [-0.05, 0) is 37.1 Å². The lowest BCUT2D eigenvalue weighted by Crippen LogP contribution is -2.14. The number of rotatable bonds is 4. The zero-order chi connectivity index (χ0) is 10.5. The fraction of sp³-hybridized carbons (Fsp3) is 0.750. The third-order valence-electron chi connectivity index (χ3n) is 2.49. The lowest BCUT2D eigenvalue weighted by molar-refractivity contribution is -0.116. The van der Waals surface area contributed by atoms with Crippen LogP contribution in [0.25, 0.3) is 0 Å². The highest BCUT2D eigenvalue weighted by atomic mass is 32.1. The van der Waals surface area contributed by atoms with Crippen molar-refractivity contribution in [1.82, 2.24) is 20.1 Å². The Morgan fingerprint density at radius 3 is 3.27 bits per heavy atom. The highest BCUT2D eigenvalue weighted by Crippen LogP contribution is 2.15. The van der Waals surface area contributed by atoms with Gasteiger partial charge in [-0.1, -0.05) is 9.59 Å². The van der Waals surface area contributed by atoms with Gasteiger partial charge in [-0.3, -0.25) is 10.1 Å². The zero-order valence-electron chi connectivity index (χ0n) is 8.27. The van der Waals surface area contributed by atoms with Crippen LogP contribution < -0.4 is 10.6 Å². The molecule has 1 aliphatic heterocycles. The van der Waals surface area contributed by atoms with E-state index in [0.717, 1.165) is 31.0 Å². The summed E-state index contributed by atoms with van der Waals surface area (Å²) in [7, 11) is 0. The Balaban J connectivity index is 1.68. The molecule has 7 heteroatoms. The predicted molar refractivity (Wildman–Crippen MR) is 56.5 cm³/mol. The fourth-order valence-electron chi connectivity index (χ4n) is 1.66. The summed E-state index contributed by atoms with van der Waals surface area (Å²) in [6.45, 7) is 2.11. The minimum atomic E-state index is 0.000417. The normalized spacial score (nSPS) is 20.4. The molecular weight excluding hydrogens is 214 g/mol. The van der Waals surface area contributed by atoms with E-state index in [1.165, 1.54) is 6.42 Å². The van der Waals surface area contributed by atoms with Gasteiger partial charge in [-0.2, -0.15) is 0 Å². The number of nitrogens with one attached hydrogen (secondary N) is 2. The molecule has 1 saturated heterocycles. The van der Waals surface area contributed by atoms with Gasteiger partial charge < -0.3 is 5.32 Å². The predicted octanol–water partition coefficient (Wildman–Crippen LogP) is 0.261. The van der Waals surface area contributed by atoms with Gasteiger partial charge in [0.05, 0.1) is 0 Å². The molecule has 0 spiro atoms. The Labute approximate surface area is 91.6 Å². The topological polar surface area (TPSA) is 79.8 Å². The van der Waals surface area contributed by atoms with E-state index < -0.39 is 0 Å². The third kappa shape index (κ3) is 3.21. The lowest BCUT2D eigenvalue weighted by atomic mass is 10.0. The Morgan fingerprint density at radius 1 is 1.67 bits per heavy atom. The fourth-order valence-corrected chi connectivity index (χ4v) is 2.04.